The quantitative estimate of drug-likeness (QED) is 0.721. The van der Waals surface area contributed by atoms with Gasteiger partial charge in [-0.15, -0.1) is 0 Å². The maximum absolute atomic E-state index is 13.4. The van der Waals surface area contributed by atoms with Crippen LogP contribution in [-0.2, 0) is 21.2 Å². The van der Waals surface area contributed by atoms with Crippen molar-refractivity contribution in [2.75, 3.05) is 25.7 Å². The number of hydrogen-bond donors (Lipinski definition) is 0. The smallest absolute Gasteiger partial charge is 0.267 e. The Morgan fingerprint density at radius 3 is 2.75 bits per heavy atom. The fraction of sp³-hybridized carbons (Fsp3) is 0.389. The number of halogens is 1. The fourth-order valence-corrected chi connectivity index (χ4v) is 4.88. The van der Waals surface area contributed by atoms with Crippen LogP contribution < -0.4 is 10.3 Å². The van der Waals surface area contributed by atoms with Gasteiger partial charge < -0.3 is 9.64 Å². The van der Waals surface area contributed by atoms with Gasteiger partial charge in [-0.25, -0.2) is 17.5 Å². The third-order valence-corrected chi connectivity index (χ3v) is 6.49. The molecule has 1 saturated heterocycles. The monoisotopic (exact) mass is 409 g/mol. The van der Waals surface area contributed by atoms with Gasteiger partial charge in [0.25, 0.3) is 5.56 Å². The molecular formula is C18H20FN3O5S. The summed E-state index contributed by atoms with van der Waals surface area (Å²) >= 11 is 0. The molecule has 0 bridgehead atoms. The zero-order valence-corrected chi connectivity index (χ0v) is 16.3. The van der Waals surface area contributed by atoms with Crippen molar-refractivity contribution in [2.24, 2.45) is 0 Å². The largest absolute Gasteiger partial charge is 0.496 e. The lowest BCUT2D eigenvalue weighted by atomic mass is 10.1. The SMILES string of the molecule is COc1cc(F)ccc1-c1ccc(=O)n(CC(=O)N(C)C2CCS(=O)(=O)C2)n1. The first-order chi connectivity index (χ1) is 13.2. The van der Waals surface area contributed by atoms with Gasteiger partial charge in [-0.05, 0) is 24.6 Å². The van der Waals surface area contributed by atoms with E-state index in [1.165, 1.54) is 49.4 Å². The highest BCUT2D eigenvalue weighted by atomic mass is 32.2. The first-order valence-corrected chi connectivity index (χ1v) is 10.4. The van der Waals surface area contributed by atoms with E-state index in [2.05, 4.69) is 5.10 Å². The number of carbonyl (C=O) groups is 1. The first-order valence-electron chi connectivity index (χ1n) is 8.58. The van der Waals surface area contributed by atoms with E-state index < -0.39 is 33.2 Å². The van der Waals surface area contributed by atoms with Crippen LogP contribution in [0.3, 0.4) is 0 Å². The second-order valence-corrected chi connectivity index (χ2v) is 8.85. The van der Waals surface area contributed by atoms with Crippen molar-refractivity contribution < 1.29 is 22.3 Å². The summed E-state index contributed by atoms with van der Waals surface area (Å²) in [6.45, 7) is -0.330. The summed E-state index contributed by atoms with van der Waals surface area (Å²) in [5, 5.41) is 4.19. The summed E-state index contributed by atoms with van der Waals surface area (Å²) in [5.41, 5.74) is 0.335. The van der Waals surface area contributed by atoms with E-state index in [4.69, 9.17) is 4.74 Å². The van der Waals surface area contributed by atoms with E-state index >= 15 is 0 Å². The van der Waals surface area contributed by atoms with Gasteiger partial charge in [-0.3, -0.25) is 9.59 Å². The van der Waals surface area contributed by atoms with Crippen molar-refractivity contribution in [1.29, 1.82) is 0 Å². The highest BCUT2D eigenvalue weighted by Crippen LogP contribution is 2.28. The van der Waals surface area contributed by atoms with Gasteiger partial charge in [-0.1, -0.05) is 0 Å². The molecule has 0 N–H and O–H groups in total. The van der Waals surface area contributed by atoms with Crippen LogP contribution >= 0.6 is 0 Å². The lowest BCUT2D eigenvalue weighted by molar-refractivity contribution is -0.132. The molecule has 1 atom stereocenters. The van der Waals surface area contributed by atoms with Crippen molar-refractivity contribution in [3.8, 4) is 17.0 Å². The minimum absolute atomic E-state index is 0.0489. The molecule has 3 rings (SSSR count). The summed E-state index contributed by atoms with van der Waals surface area (Å²) in [6.07, 6.45) is 0.375. The molecule has 28 heavy (non-hydrogen) atoms. The summed E-state index contributed by atoms with van der Waals surface area (Å²) in [5.74, 6) is -0.674. The van der Waals surface area contributed by atoms with E-state index in [9.17, 15) is 22.4 Å². The van der Waals surface area contributed by atoms with E-state index in [0.717, 1.165) is 4.68 Å². The maximum Gasteiger partial charge on any atom is 0.267 e. The Morgan fingerprint density at radius 1 is 1.36 bits per heavy atom. The number of amides is 1. The molecule has 2 heterocycles. The molecule has 1 aliphatic heterocycles. The van der Waals surface area contributed by atoms with Gasteiger partial charge in [0.05, 0.1) is 24.3 Å². The molecule has 1 unspecified atom stereocenters. The van der Waals surface area contributed by atoms with Gasteiger partial charge in [0.1, 0.15) is 18.1 Å². The van der Waals surface area contributed by atoms with Crippen LogP contribution in [0.2, 0.25) is 0 Å². The molecule has 8 nitrogen and oxygen atoms in total. The molecule has 1 fully saturated rings. The van der Waals surface area contributed by atoms with E-state index in [1.807, 2.05) is 0 Å². The number of benzene rings is 1. The minimum atomic E-state index is -3.13. The Kier molecular flexibility index (Phi) is 5.50. The van der Waals surface area contributed by atoms with Crippen molar-refractivity contribution in [1.82, 2.24) is 14.7 Å². The second kappa shape index (κ2) is 7.70. The van der Waals surface area contributed by atoms with Crippen molar-refractivity contribution in [2.45, 2.75) is 19.0 Å². The number of hydrogen-bond acceptors (Lipinski definition) is 6. The maximum atomic E-state index is 13.4. The van der Waals surface area contributed by atoms with Gasteiger partial charge in [0.2, 0.25) is 5.91 Å². The number of ether oxygens (including phenoxy) is 1. The number of sulfone groups is 1. The Morgan fingerprint density at radius 2 is 2.11 bits per heavy atom. The first kappa shape index (κ1) is 20.0. The number of nitrogens with zero attached hydrogens (tertiary/aromatic N) is 3. The Hall–Kier alpha value is -2.75. The number of carbonyl (C=O) groups excluding carboxylic acids is 1. The van der Waals surface area contributed by atoms with Crippen molar-refractivity contribution >= 4 is 15.7 Å². The normalized spacial score (nSPS) is 18.0. The van der Waals surface area contributed by atoms with Gasteiger partial charge >= 0.3 is 0 Å². The van der Waals surface area contributed by atoms with Crippen LogP contribution in [0.1, 0.15) is 6.42 Å². The van der Waals surface area contributed by atoms with Crippen molar-refractivity contribution in [3.63, 3.8) is 0 Å². The van der Waals surface area contributed by atoms with Crippen LogP contribution in [0.25, 0.3) is 11.3 Å². The Balaban J connectivity index is 1.84. The topological polar surface area (TPSA) is 98.6 Å². The molecule has 0 radical (unpaired) electrons. The van der Waals surface area contributed by atoms with Crippen LogP contribution in [0, 0.1) is 5.82 Å². The van der Waals surface area contributed by atoms with E-state index in [1.54, 1.807) is 0 Å². The third-order valence-electron chi connectivity index (χ3n) is 4.74. The molecule has 150 valence electrons. The number of rotatable bonds is 5. The van der Waals surface area contributed by atoms with Crippen LogP contribution in [0.4, 0.5) is 4.39 Å². The molecule has 1 aromatic carbocycles. The van der Waals surface area contributed by atoms with Crippen molar-refractivity contribution in [3.05, 3.63) is 46.5 Å². The van der Waals surface area contributed by atoms with Crippen LogP contribution in [0.15, 0.2) is 35.1 Å². The molecule has 1 aromatic heterocycles. The zero-order chi connectivity index (χ0) is 20.5. The van der Waals surface area contributed by atoms with Gasteiger partial charge in [0.15, 0.2) is 9.84 Å². The molecule has 1 amide bonds. The second-order valence-electron chi connectivity index (χ2n) is 6.62. The molecule has 2 aromatic rings. The molecule has 0 spiro atoms. The molecule has 0 aliphatic carbocycles. The predicted molar refractivity (Wildman–Crippen MR) is 100 cm³/mol. The molecular weight excluding hydrogens is 389 g/mol. The fourth-order valence-electron chi connectivity index (χ4n) is 3.11. The predicted octanol–water partition coefficient (Wildman–Crippen LogP) is 0.704. The number of methoxy groups -OCH3 is 1. The van der Waals surface area contributed by atoms with Gasteiger partial charge in [0, 0.05) is 30.8 Å². The summed E-state index contributed by atoms with van der Waals surface area (Å²) < 4.78 is 42.8. The summed E-state index contributed by atoms with van der Waals surface area (Å²) in [4.78, 5) is 26.0. The van der Waals surface area contributed by atoms with E-state index in [0.29, 0.717) is 17.7 Å². The Labute approximate surface area is 161 Å². The lowest BCUT2D eigenvalue weighted by Crippen LogP contribution is -2.41. The lowest BCUT2D eigenvalue weighted by Gasteiger charge is -2.23. The average molecular weight is 409 g/mol. The van der Waals surface area contributed by atoms with Crippen LogP contribution in [-0.4, -0.2) is 60.7 Å². The molecule has 0 saturated carbocycles. The average Bonchev–Trinajstić information content (AvgIpc) is 3.02. The summed E-state index contributed by atoms with van der Waals surface area (Å²) in [6, 6.07) is 6.24. The number of likely N-dealkylation sites (N-methyl/N-ethyl adjacent to an activating group) is 1. The Bertz CT molecular complexity index is 1070. The van der Waals surface area contributed by atoms with Crippen LogP contribution in [0.5, 0.6) is 5.75 Å². The summed E-state index contributed by atoms with van der Waals surface area (Å²) in [7, 11) is -0.221. The number of aromatic nitrogens is 2. The molecule has 10 heteroatoms. The van der Waals surface area contributed by atoms with E-state index in [-0.39, 0.29) is 23.8 Å². The highest BCUT2D eigenvalue weighted by Gasteiger charge is 2.32. The standard InChI is InChI=1S/C18H20FN3O5S/c1-21(13-7-8-28(25,26)11-13)18(24)10-22-17(23)6-5-15(20-22)14-4-3-12(19)9-16(14)27-2/h3-6,9,13H,7-8,10-11H2,1-2H3. The minimum Gasteiger partial charge on any atom is -0.496 e. The molecule has 1 aliphatic rings. The van der Waals surface area contributed by atoms with Gasteiger partial charge in [-0.2, -0.15) is 5.10 Å². The third kappa shape index (κ3) is 4.22. The highest BCUT2D eigenvalue weighted by molar-refractivity contribution is 7.91. The zero-order valence-electron chi connectivity index (χ0n) is 15.5.